The van der Waals surface area contributed by atoms with Gasteiger partial charge < -0.3 is 20.3 Å². The summed E-state index contributed by atoms with van der Waals surface area (Å²) in [6, 6.07) is 6.01. The van der Waals surface area contributed by atoms with Crippen molar-refractivity contribution in [2.24, 2.45) is 0 Å². The van der Waals surface area contributed by atoms with Gasteiger partial charge in [0.15, 0.2) is 0 Å². The van der Waals surface area contributed by atoms with Gasteiger partial charge in [-0.3, -0.25) is 14.4 Å². The van der Waals surface area contributed by atoms with E-state index in [9.17, 15) is 23.2 Å². The Morgan fingerprint density at radius 1 is 1.12 bits per heavy atom. The molecule has 0 fully saturated rings. The van der Waals surface area contributed by atoms with Gasteiger partial charge in [0.1, 0.15) is 17.4 Å². The molecule has 11 heteroatoms. The number of halogens is 4. The highest BCUT2D eigenvalue weighted by Gasteiger charge is 2.47. The van der Waals surface area contributed by atoms with E-state index in [4.69, 9.17) is 4.74 Å². The number of carbonyl (C=O) groups is 3. The van der Waals surface area contributed by atoms with Crippen molar-refractivity contribution < 1.29 is 36.7 Å². The van der Waals surface area contributed by atoms with Crippen molar-refractivity contribution in [3.63, 3.8) is 0 Å². The van der Waals surface area contributed by atoms with E-state index in [0.29, 0.717) is 17.8 Å². The number of rotatable bonds is 7. The lowest BCUT2D eigenvalue weighted by atomic mass is 10.0. The molecule has 0 unspecified atom stereocenters. The average molecular weight is 479 g/mol. The van der Waals surface area contributed by atoms with Gasteiger partial charge in [-0.25, -0.2) is 8.78 Å². The maximum atomic E-state index is 15.1. The first-order valence-electron chi connectivity index (χ1n) is 10.1. The van der Waals surface area contributed by atoms with Gasteiger partial charge in [0.25, 0.3) is 18.3 Å². The van der Waals surface area contributed by atoms with E-state index in [1.54, 1.807) is 7.05 Å². The predicted octanol–water partition coefficient (Wildman–Crippen LogP) is 3.45. The van der Waals surface area contributed by atoms with Crippen molar-refractivity contribution in [1.29, 1.82) is 0 Å². The third kappa shape index (κ3) is 5.03. The van der Waals surface area contributed by atoms with Crippen molar-refractivity contribution in [2.45, 2.75) is 19.3 Å². The van der Waals surface area contributed by atoms with E-state index < -0.39 is 41.5 Å². The number of amides is 2. The smallest absolute Gasteiger partial charge is 0.352 e. The molecule has 1 heterocycles. The summed E-state index contributed by atoms with van der Waals surface area (Å²) in [4.78, 5) is 36.6. The van der Waals surface area contributed by atoms with Crippen LogP contribution in [0.15, 0.2) is 47.9 Å². The number of alkyl halides is 2. The summed E-state index contributed by atoms with van der Waals surface area (Å²) >= 11 is 0. The number of nitrogens with zero attached hydrogens (tertiary/aromatic N) is 1. The monoisotopic (exact) mass is 479 g/mol. The summed E-state index contributed by atoms with van der Waals surface area (Å²) in [6.07, 6.45) is 0.115. The molecule has 2 aromatic rings. The van der Waals surface area contributed by atoms with Gasteiger partial charge in [0.2, 0.25) is 0 Å². The van der Waals surface area contributed by atoms with Gasteiger partial charge in [-0.1, -0.05) is 0 Å². The Morgan fingerprint density at radius 3 is 2.47 bits per heavy atom. The summed E-state index contributed by atoms with van der Waals surface area (Å²) in [6.45, 7) is 1.05. The number of carbonyl (C=O) groups excluding carboxylic acids is 3. The highest BCUT2D eigenvalue weighted by atomic mass is 19.3. The third-order valence-corrected chi connectivity index (χ3v) is 5.33. The van der Waals surface area contributed by atoms with Gasteiger partial charge in [0.05, 0.1) is 17.8 Å². The van der Waals surface area contributed by atoms with Crippen LogP contribution < -0.4 is 10.6 Å². The van der Waals surface area contributed by atoms with Crippen LogP contribution in [0.4, 0.5) is 23.2 Å². The van der Waals surface area contributed by atoms with Gasteiger partial charge in [-0.15, -0.1) is 0 Å². The Labute approximate surface area is 192 Å². The fraction of sp³-hybridized carbons (Fsp3) is 0.261. The molecular weight excluding hydrogens is 458 g/mol. The summed E-state index contributed by atoms with van der Waals surface area (Å²) in [5, 5.41) is 5.19. The molecule has 7 nitrogen and oxygen atoms in total. The molecule has 0 atom stereocenters. The van der Waals surface area contributed by atoms with E-state index in [0.717, 1.165) is 17.0 Å². The van der Waals surface area contributed by atoms with E-state index >= 15 is 8.78 Å². The Kier molecular flexibility index (Phi) is 7.23. The van der Waals surface area contributed by atoms with Crippen LogP contribution in [0.2, 0.25) is 0 Å². The maximum absolute atomic E-state index is 15.1. The van der Waals surface area contributed by atoms with Crippen LogP contribution in [0.1, 0.15) is 27.9 Å². The molecule has 1 aliphatic rings. The van der Waals surface area contributed by atoms with Crippen LogP contribution >= 0.6 is 0 Å². The number of ether oxygens (including phenoxy) is 1. The molecule has 2 aromatic carbocycles. The lowest BCUT2D eigenvalue weighted by Gasteiger charge is -2.32. The van der Waals surface area contributed by atoms with Crippen molar-refractivity contribution in [2.75, 3.05) is 25.5 Å². The molecule has 0 radical (unpaired) electrons. The molecule has 0 aromatic heterocycles. The minimum Gasteiger partial charge on any atom is -0.430 e. The second-order valence-electron chi connectivity index (χ2n) is 7.53. The molecule has 1 aliphatic heterocycles. The first kappa shape index (κ1) is 24.7. The molecule has 3 rings (SSSR count). The van der Waals surface area contributed by atoms with E-state index in [-0.39, 0.29) is 42.0 Å². The van der Waals surface area contributed by atoms with Crippen molar-refractivity contribution in [3.05, 3.63) is 76.2 Å². The van der Waals surface area contributed by atoms with Crippen molar-refractivity contribution >= 4 is 24.0 Å². The topological polar surface area (TPSA) is 87.7 Å². The van der Waals surface area contributed by atoms with Crippen LogP contribution in [-0.4, -0.2) is 43.3 Å². The molecule has 0 saturated heterocycles. The molecule has 34 heavy (non-hydrogen) atoms. The zero-order valence-corrected chi connectivity index (χ0v) is 18.3. The fourth-order valence-corrected chi connectivity index (χ4v) is 3.48. The zero-order valence-electron chi connectivity index (χ0n) is 18.3. The van der Waals surface area contributed by atoms with E-state index in [1.165, 1.54) is 19.1 Å². The Morgan fingerprint density at radius 2 is 1.82 bits per heavy atom. The normalized spacial score (nSPS) is 14.0. The molecular formula is C23H21F4N3O4. The lowest BCUT2D eigenvalue weighted by Crippen LogP contribution is -2.46. The number of anilines is 1. The first-order chi connectivity index (χ1) is 16.1. The number of aryl methyl sites for hydroxylation is 1. The summed E-state index contributed by atoms with van der Waals surface area (Å²) < 4.78 is 62.8. The molecule has 0 bridgehead atoms. The largest absolute Gasteiger partial charge is 0.430 e. The second-order valence-corrected chi connectivity index (χ2v) is 7.53. The number of hydrogen-bond donors (Lipinski definition) is 2. The van der Waals surface area contributed by atoms with E-state index in [1.807, 2.05) is 0 Å². The number of hydrogen-bond acceptors (Lipinski definition) is 5. The van der Waals surface area contributed by atoms with E-state index in [2.05, 4.69) is 10.6 Å². The van der Waals surface area contributed by atoms with Crippen LogP contribution in [-0.2, 0) is 20.2 Å². The van der Waals surface area contributed by atoms with Gasteiger partial charge >= 0.3 is 5.92 Å². The summed E-state index contributed by atoms with van der Waals surface area (Å²) in [5.41, 5.74) is -0.667. The van der Waals surface area contributed by atoms with Crippen LogP contribution in [0.5, 0.6) is 0 Å². The van der Waals surface area contributed by atoms with Crippen molar-refractivity contribution in [1.82, 2.24) is 10.2 Å². The van der Waals surface area contributed by atoms with Gasteiger partial charge in [-0.2, -0.15) is 8.78 Å². The van der Waals surface area contributed by atoms with Crippen LogP contribution in [0, 0.1) is 18.6 Å². The van der Waals surface area contributed by atoms with Crippen LogP contribution in [0.3, 0.4) is 0 Å². The minimum absolute atomic E-state index is 0.00362. The SMILES string of the molecule is CNC1=C(OC=O)CN(C(=O)C(F)(F)c2cc(C(=O)Nc3ccc(F)c(C)c3)ccc2F)CC1. The first-order valence-corrected chi connectivity index (χ1v) is 10.1. The lowest BCUT2D eigenvalue weighted by molar-refractivity contribution is -0.160. The molecule has 0 aliphatic carbocycles. The van der Waals surface area contributed by atoms with Gasteiger partial charge in [-0.05, 0) is 48.9 Å². The maximum Gasteiger partial charge on any atom is 0.352 e. The standard InChI is InChI=1S/C23H21F4N3O4/c1-13-9-15(4-6-17(13)24)29-21(32)14-3-5-18(25)16(10-14)23(26,27)22(33)30-8-7-19(28-2)20(11-30)34-12-31/h3-6,9-10,12,28H,7-8,11H2,1-2H3,(H,29,32). The summed E-state index contributed by atoms with van der Waals surface area (Å²) in [7, 11) is 1.55. The van der Waals surface area contributed by atoms with Crippen LogP contribution in [0.25, 0.3) is 0 Å². The number of benzene rings is 2. The number of nitrogens with one attached hydrogen (secondary N) is 2. The molecule has 0 spiro atoms. The van der Waals surface area contributed by atoms with Crippen molar-refractivity contribution in [3.8, 4) is 0 Å². The third-order valence-electron chi connectivity index (χ3n) is 5.33. The molecule has 2 amide bonds. The Bertz CT molecular complexity index is 1170. The summed E-state index contributed by atoms with van der Waals surface area (Å²) in [5.74, 6) is -8.74. The quantitative estimate of drug-likeness (QED) is 0.469. The highest BCUT2D eigenvalue weighted by molar-refractivity contribution is 6.04. The molecule has 0 saturated carbocycles. The molecule has 2 N–H and O–H groups in total. The molecule has 180 valence electrons. The van der Waals surface area contributed by atoms with Gasteiger partial charge in [0, 0.05) is 31.3 Å². The minimum atomic E-state index is -4.31. The second kappa shape index (κ2) is 9.94. The predicted molar refractivity (Wildman–Crippen MR) is 114 cm³/mol. The fourth-order valence-electron chi connectivity index (χ4n) is 3.48. The average Bonchev–Trinajstić information content (AvgIpc) is 2.81. The Hall–Kier alpha value is -3.89. The zero-order chi connectivity index (χ0) is 25.0. The Balaban J connectivity index is 1.85. The highest BCUT2D eigenvalue weighted by Crippen LogP contribution is 2.34.